The molecule has 3 N–H and O–H groups in total. The largest absolute Gasteiger partial charge is 0.389 e. The first-order valence-corrected chi connectivity index (χ1v) is 8.25. The zero-order chi connectivity index (χ0) is 15.2. The van der Waals surface area contributed by atoms with Crippen LogP contribution in [0.25, 0.3) is 0 Å². The standard InChI is InChI=1S/C13H20N2O3S2/c1-3-18-8-4-7-15-20(16,17)12-9-11(13(14)19)6-5-10(12)2/h5-6,9,15H,3-4,7-8H2,1-2H3,(H2,14,19). The summed E-state index contributed by atoms with van der Waals surface area (Å²) in [7, 11) is -3.55. The molecule has 1 rings (SSSR count). The first-order valence-electron chi connectivity index (χ1n) is 6.36. The summed E-state index contributed by atoms with van der Waals surface area (Å²) < 4.78 is 32.2. The zero-order valence-electron chi connectivity index (χ0n) is 11.7. The second-order valence-electron chi connectivity index (χ2n) is 4.29. The lowest BCUT2D eigenvalue weighted by atomic mass is 10.1. The molecule has 7 heteroatoms. The van der Waals surface area contributed by atoms with Gasteiger partial charge in [-0.3, -0.25) is 0 Å². The predicted molar refractivity (Wildman–Crippen MR) is 83.4 cm³/mol. The van der Waals surface area contributed by atoms with Gasteiger partial charge in [0.25, 0.3) is 0 Å². The van der Waals surface area contributed by atoms with Crippen LogP contribution in [0.3, 0.4) is 0 Å². The number of benzene rings is 1. The van der Waals surface area contributed by atoms with Gasteiger partial charge in [-0.05, 0) is 31.9 Å². The third kappa shape index (κ3) is 4.82. The molecule has 0 radical (unpaired) electrons. The minimum atomic E-state index is -3.55. The van der Waals surface area contributed by atoms with E-state index in [9.17, 15) is 8.42 Å². The second kappa shape index (κ2) is 7.68. The molecule has 0 heterocycles. The lowest BCUT2D eigenvalue weighted by Gasteiger charge is -2.11. The van der Waals surface area contributed by atoms with E-state index in [0.29, 0.717) is 37.3 Å². The molecule has 0 unspecified atom stereocenters. The van der Waals surface area contributed by atoms with E-state index >= 15 is 0 Å². The Bertz CT molecular complexity index is 571. The molecule has 0 amide bonds. The molecule has 20 heavy (non-hydrogen) atoms. The Hall–Kier alpha value is -1.02. The normalized spacial score (nSPS) is 11.5. The first-order chi connectivity index (χ1) is 9.38. The molecule has 0 saturated heterocycles. The average molecular weight is 316 g/mol. The number of nitrogens with one attached hydrogen (secondary N) is 1. The molecule has 0 aromatic heterocycles. The van der Waals surface area contributed by atoms with Crippen molar-refractivity contribution in [3.8, 4) is 0 Å². The van der Waals surface area contributed by atoms with Gasteiger partial charge in [0, 0.05) is 25.3 Å². The molecule has 1 aromatic rings. The summed E-state index contributed by atoms with van der Waals surface area (Å²) in [6, 6.07) is 4.91. The van der Waals surface area contributed by atoms with E-state index in [1.807, 2.05) is 6.92 Å². The molecule has 0 saturated carbocycles. The average Bonchev–Trinajstić information content (AvgIpc) is 2.38. The number of sulfonamides is 1. The third-order valence-corrected chi connectivity index (χ3v) is 4.56. The monoisotopic (exact) mass is 316 g/mol. The van der Waals surface area contributed by atoms with E-state index in [1.165, 1.54) is 6.07 Å². The number of hydrogen-bond acceptors (Lipinski definition) is 4. The minimum Gasteiger partial charge on any atom is -0.389 e. The second-order valence-corrected chi connectivity index (χ2v) is 6.47. The maximum absolute atomic E-state index is 12.2. The van der Waals surface area contributed by atoms with Crippen molar-refractivity contribution in [1.82, 2.24) is 4.72 Å². The molecule has 1 aromatic carbocycles. The highest BCUT2D eigenvalue weighted by molar-refractivity contribution is 7.89. The van der Waals surface area contributed by atoms with E-state index in [1.54, 1.807) is 19.1 Å². The number of rotatable bonds is 8. The van der Waals surface area contributed by atoms with Crippen molar-refractivity contribution in [2.24, 2.45) is 5.73 Å². The number of aryl methyl sites for hydroxylation is 1. The number of nitrogens with two attached hydrogens (primary N) is 1. The quantitative estimate of drug-likeness (QED) is 0.559. The van der Waals surface area contributed by atoms with Crippen molar-refractivity contribution in [3.05, 3.63) is 29.3 Å². The van der Waals surface area contributed by atoms with Crippen molar-refractivity contribution in [1.29, 1.82) is 0 Å². The van der Waals surface area contributed by atoms with Crippen molar-refractivity contribution < 1.29 is 13.2 Å². The van der Waals surface area contributed by atoms with Crippen molar-refractivity contribution in [2.75, 3.05) is 19.8 Å². The van der Waals surface area contributed by atoms with Crippen molar-refractivity contribution in [3.63, 3.8) is 0 Å². The molecule has 0 spiro atoms. The van der Waals surface area contributed by atoms with Crippen LogP contribution >= 0.6 is 12.2 Å². The molecule has 0 aliphatic carbocycles. The van der Waals surface area contributed by atoms with E-state index in [-0.39, 0.29) is 9.88 Å². The van der Waals surface area contributed by atoms with Crippen LogP contribution in [-0.2, 0) is 14.8 Å². The summed E-state index contributed by atoms with van der Waals surface area (Å²) in [5, 5.41) is 0. The molecular weight excluding hydrogens is 296 g/mol. The van der Waals surface area contributed by atoms with Crippen LogP contribution in [0, 0.1) is 6.92 Å². The van der Waals surface area contributed by atoms with E-state index in [0.717, 1.165) is 0 Å². The molecular formula is C13H20N2O3S2. The molecule has 0 aliphatic rings. The van der Waals surface area contributed by atoms with Crippen LogP contribution in [0.15, 0.2) is 23.1 Å². The Kier molecular flexibility index (Phi) is 6.54. The smallest absolute Gasteiger partial charge is 0.240 e. The van der Waals surface area contributed by atoms with Gasteiger partial charge in [0.15, 0.2) is 0 Å². The van der Waals surface area contributed by atoms with Crippen molar-refractivity contribution in [2.45, 2.75) is 25.2 Å². The Morgan fingerprint density at radius 2 is 2.15 bits per heavy atom. The number of thiocarbonyl (C=S) groups is 1. The SMILES string of the molecule is CCOCCCNS(=O)(=O)c1cc(C(N)=S)ccc1C. The van der Waals surface area contributed by atoms with Crippen LogP contribution < -0.4 is 10.5 Å². The van der Waals surface area contributed by atoms with Gasteiger partial charge in [0.1, 0.15) is 4.99 Å². The summed E-state index contributed by atoms with van der Waals surface area (Å²) >= 11 is 4.87. The topological polar surface area (TPSA) is 81.4 Å². The molecule has 0 fully saturated rings. The van der Waals surface area contributed by atoms with Gasteiger partial charge >= 0.3 is 0 Å². The highest BCUT2D eigenvalue weighted by atomic mass is 32.2. The first kappa shape index (κ1) is 17.0. The molecule has 112 valence electrons. The van der Waals surface area contributed by atoms with Crippen LogP contribution in [0.1, 0.15) is 24.5 Å². The highest BCUT2D eigenvalue weighted by Gasteiger charge is 2.17. The summed E-state index contributed by atoms with van der Waals surface area (Å²) in [5.74, 6) is 0. The van der Waals surface area contributed by atoms with Gasteiger partial charge in [-0.15, -0.1) is 0 Å². The van der Waals surface area contributed by atoms with Gasteiger partial charge in [-0.2, -0.15) is 0 Å². The van der Waals surface area contributed by atoms with Gasteiger partial charge in [0.2, 0.25) is 10.0 Å². The lowest BCUT2D eigenvalue weighted by Crippen LogP contribution is -2.26. The zero-order valence-corrected chi connectivity index (χ0v) is 13.3. The molecule has 0 atom stereocenters. The van der Waals surface area contributed by atoms with Crippen LogP contribution in [0.5, 0.6) is 0 Å². The van der Waals surface area contributed by atoms with E-state index in [2.05, 4.69) is 4.72 Å². The van der Waals surface area contributed by atoms with Crippen LogP contribution in [-0.4, -0.2) is 33.2 Å². The third-order valence-electron chi connectivity index (χ3n) is 2.72. The Labute approximate surface area is 125 Å². The Morgan fingerprint density at radius 1 is 1.45 bits per heavy atom. The number of ether oxygens (including phenoxy) is 1. The summed E-state index contributed by atoms with van der Waals surface area (Å²) in [6.45, 7) is 5.12. The van der Waals surface area contributed by atoms with Gasteiger partial charge < -0.3 is 10.5 Å². The van der Waals surface area contributed by atoms with E-state index in [4.69, 9.17) is 22.7 Å². The van der Waals surface area contributed by atoms with E-state index < -0.39 is 10.0 Å². The molecule has 5 nitrogen and oxygen atoms in total. The number of hydrogen-bond donors (Lipinski definition) is 2. The van der Waals surface area contributed by atoms with Gasteiger partial charge in [-0.25, -0.2) is 13.1 Å². The predicted octanol–water partition coefficient (Wildman–Crippen LogP) is 1.33. The fourth-order valence-corrected chi connectivity index (χ4v) is 3.12. The Balaban J connectivity index is 2.81. The minimum absolute atomic E-state index is 0.179. The van der Waals surface area contributed by atoms with Gasteiger partial charge in [-0.1, -0.05) is 24.4 Å². The summed E-state index contributed by atoms with van der Waals surface area (Å²) in [5.41, 5.74) is 6.73. The maximum atomic E-state index is 12.2. The maximum Gasteiger partial charge on any atom is 0.240 e. The molecule has 0 bridgehead atoms. The fraction of sp³-hybridized carbons (Fsp3) is 0.462. The van der Waals surface area contributed by atoms with Gasteiger partial charge in [0.05, 0.1) is 4.90 Å². The lowest BCUT2D eigenvalue weighted by molar-refractivity contribution is 0.146. The summed E-state index contributed by atoms with van der Waals surface area (Å²) in [4.78, 5) is 0.386. The summed E-state index contributed by atoms with van der Waals surface area (Å²) in [6.07, 6.45) is 0.626. The van der Waals surface area contributed by atoms with Crippen molar-refractivity contribution >= 4 is 27.2 Å². The van der Waals surface area contributed by atoms with Crippen LogP contribution in [0.2, 0.25) is 0 Å². The Morgan fingerprint density at radius 3 is 2.75 bits per heavy atom. The fourth-order valence-electron chi connectivity index (χ4n) is 1.65. The molecule has 0 aliphatic heterocycles. The van der Waals surface area contributed by atoms with Crippen LogP contribution in [0.4, 0.5) is 0 Å². The highest BCUT2D eigenvalue weighted by Crippen LogP contribution is 2.17.